The number of rotatable bonds is 3. The largest absolute Gasteiger partial charge is 0.316 e. The molecule has 6 heteroatoms. The Balaban J connectivity index is 1.79. The Bertz CT molecular complexity index is 807. The van der Waals surface area contributed by atoms with Crippen LogP contribution in [-0.2, 0) is 0 Å². The van der Waals surface area contributed by atoms with Crippen LogP contribution in [0.3, 0.4) is 0 Å². The van der Waals surface area contributed by atoms with Gasteiger partial charge in [-0.2, -0.15) is 5.10 Å². The van der Waals surface area contributed by atoms with E-state index in [9.17, 15) is 4.39 Å². The van der Waals surface area contributed by atoms with Gasteiger partial charge >= 0.3 is 0 Å². The fraction of sp³-hybridized carbons (Fsp3) is 0.278. The van der Waals surface area contributed by atoms with Gasteiger partial charge in [0, 0.05) is 30.4 Å². The van der Waals surface area contributed by atoms with Gasteiger partial charge in [-0.25, -0.2) is 19.0 Å². The summed E-state index contributed by atoms with van der Waals surface area (Å²) in [5.74, 6) is 0.678. The topological polar surface area (TPSA) is 55.6 Å². The Morgan fingerprint density at radius 2 is 1.92 bits per heavy atom. The lowest BCUT2D eigenvalue weighted by Crippen LogP contribution is -2.29. The monoisotopic (exact) mass is 323 g/mol. The molecule has 1 aliphatic heterocycles. The first-order valence-electron chi connectivity index (χ1n) is 8.15. The van der Waals surface area contributed by atoms with Crippen molar-refractivity contribution in [1.82, 2.24) is 25.1 Å². The molecule has 0 radical (unpaired) electrons. The molecular formula is C18H18FN5. The molecule has 0 aliphatic carbocycles. The van der Waals surface area contributed by atoms with Crippen LogP contribution in [0.5, 0.6) is 0 Å². The highest BCUT2D eigenvalue weighted by Gasteiger charge is 2.22. The molecule has 1 N–H and O–H groups in total. The molecule has 0 amide bonds. The molecule has 0 spiro atoms. The second-order valence-electron chi connectivity index (χ2n) is 5.97. The lowest BCUT2D eigenvalue weighted by Gasteiger charge is -2.22. The van der Waals surface area contributed by atoms with E-state index in [1.165, 1.54) is 12.1 Å². The van der Waals surface area contributed by atoms with Crippen LogP contribution < -0.4 is 5.32 Å². The van der Waals surface area contributed by atoms with E-state index in [2.05, 4.69) is 21.4 Å². The van der Waals surface area contributed by atoms with Crippen molar-refractivity contribution in [3.8, 4) is 17.2 Å². The van der Waals surface area contributed by atoms with E-state index in [0.717, 1.165) is 42.9 Å². The number of nitrogens with one attached hydrogen (secondary N) is 1. The predicted molar refractivity (Wildman–Crippen MR) is 89.4 cm³/mol. The van der Waals surface area contributed by atoms with E-state index in [1.54, 1.807) is 30.6 Å². The SMILES string of the molecule is Fc1ccc(-c2cc([C@@H]3CCCNC3)n(-c3ncccn3)n2)cc1. The van der Waals surface area contributed by atoms with E-state index in [4.69, 9.17) is 5.10 Å². The first-order valence-corrected chi connectivity index (χ1v) is 8.15. The quantitative estimate of drug-likeness (QED) is 0.805. The predicted octanol–water partition coefficient (Wildman–Crippen LogP) is 2.94. The van der Waals surface area contributed by atoms with Gasteiger partial charge in [-0.15, -0.1) is 0 Å². The van der Waals surface area contributed by atoms with Gasteiger partial charge in [0.1, 0.15) is 5.82 Å². The minimum Gasteiger partial charge on any atom is -0.316 e. The second kappa shape index (κ2) is 6.49. The van der Waals surface area contributed by atoms with Gasteiger partial charge in [0.25, 0.3) is 5.95 Å². The minimum absolute atomic E-state index is 0.249. The third-order valence-corrected chi connectivity index (χ3v) is 4.33. The van der Waals surface area contributed by atoms with Gasteiger partial charge in [-0.1, -0.05) is 0 Å². The Hall–Kier alpha value is -2.60. The summed E-state index contributed by atoms with van der Waals surface area (Å²) in [6, 6.07) is 10.3. The van der Waals surface area contributed by atoms with Gasteiger partial charge in [0.05, 0.1) is 11.4 Å². The molecule has 3 heterocycles. The average Bonchev–Trinajstić information content (AvgIpc) is 3.09. The van der Waals surface area contributed by atoms with E-state index in [1.807, 2.05) is 4.68 Å². The maximum Gasteiger partial charge on any atom is 0.250 e. The molecule has 0 bridgehead atoms. The van der Waals surface area contributed by atoms with Crippen molar-refractivity contribution in [2.45, 2.75) is 18.8 Å². The summed E-state index contributed by atoms with van der Waals surface area (Å²) in [5, 5.41) is 8.13. The Kier molecular flexibility index (Phi) is 4.04. The Morgan fingerprint density at radius 3 is 2.62 bits per heavy atom. The zero-order valence-corrected chi connectivity index (χ0v) is 13.2. The zero-order valence-electron chi connectivity index (χ0n) is 13.2. The van der Waals surface area contributed by atoms with E-state index in [-0.39, 0.29) is 5.82 Å². The average molecular weight is 323 g/mol. The molecular weight excluding hydrogens is 305 g/mol. The molecule has 3 aromatic rings. The number of hydrogen-bond donors (Lipinski definition) is 1. The van der Waals surface area contributed by atoms with Crippen molar-refractivity contribution in [3.63, 3.8) is 0 Å². The van der Waals surface area contributed by atoms with Crippen molar-refractivity contribution in [2.24, 2.45) is 0 Å². The highest BCUT2D eigenvalue weighted by Crippen LogP contribution is 2.29. The standard InChI is InChI=1S/C18H18FN5/c19-15-6-4-13(5-7-15)16-11-17(14-3-1-8-20-12-14)24(23-16)18-21-9-2-10-22-18/h2,4-7,9-11,14,20H,1,3,8,12H2/t14-/m1/s1. The van der Waals surface area contributed by atoms with Crippen molar-refractivity contribution in [1.29, 1.82) is 0 Å². The fourth-order valence-electron chi connectivity index (χ4n) is 3.11. The van der Waals surface area contributed by atoms with Gasteiger partial charge in [-0.3, -0.25) is 0 Å². The summed E-state index contributed by atoms with van der Waals surface area (Å²) in [7, 11) is 0. The number of piperidine rings is 1. The second-order valence-corrected chi connectivity index (χ2v) is 5.97. The number of benzene rings is 1. The smallest absolute Gasteiger partial charge is 0.250 e. The Labute approximate surface area is 139 Å². The van der Waals surface area contributed by atoms with Crippen molar-refractivity contribution < 1.29 is 4.39 Å². The van der Waals surface area contributed by atoms with Crippen LogP contribution in [-0.4, -0.2) is 32.8 Å². The molecule has 1 atom stereocenters. The first kappa shape index (κ1) is 15.0. The molecule has 0 unspecified atom stereocenters. The lowest BCUT2D eigenvalue weighted by atomic mass is 9.95. The zero-order chi connectivity index (χ0) is 16.4. The van der Waals surface area contributed by atoms with Crippen LogP contribution in [0.1, 0.15) is 24.5 Å². The molecule has 1 aliphatic rings. The summed E-state index contributed by atoms with van der Waals surface area (Å²) in [6.07, 6.45) is 5.67. The lowest BCUT2D eigenvalue weighted by molar-refractivity contribution is 0.446. The van der Waals surface area contributed by atoms with E-state index >= 15 is 0 Å². The highest BCUT2D eigenvalue weighted by atomic mass is 19.1. The maximum absolute atomic E-state index is 13.2. The molecule has 24 heavy (non-hydrogen) atoms. The van der Waals surface area contributed by atoms with Gasteiger partial charge in [0.2, 0.25) is 0 Å². The number of aromatic nitrogens is 4. The summed E-state index contributed by atoms with van der Waals surface area (Å²) in [5.41, 5.74) is 2.78. The summed E-state index contributed by atoms with van der Waals surface area (Å²) >= 11 is 0. The summed E-state index contributed by atoms with van der Waals surface area (Å²) in [6.45, 7) is 1.97. The van der Waals surface area contributed by atoms with Crippen LogP contribution in [0.4, 0.5) is 4.39 Å². The normalized spacial score (nSPS) is 17.8. The van der Waals surface area contributed by atoms with Crippen LogP contribution >= 0.6 is 0 Å². The summed E-state index contributed by atoms with van der Waals surface area (Å²) in [4.78, 5) is 8.67. The van der Waals surface area contributed by atoms with Crippen LogP contribution in [0.25, 0.3) is 17.2 Å². The molecule has 4 rings (SSSR count). The number of halogens is 1. The summed E-state index contributed by atoms with van der Waals surface area (Å²) < 4.78 is 15.0. The molecule has 122 valence electrons. The van der Waals surface area contributed by atoms with Gasteiger partial charge in [0.15, 0.2) is 0 Å². The Morgan fingerprint density at radius 1 is 1.12 bits per heavy atom. The molecule has 1 aromatic carbocycles. The minimum atomic E-state index is -0.249. The van der Waals surface area contributed by atoms with Gasteiger partial charge < -0.3 is 5.32 Å². The maximum atomic E-state index is 13.2. The molecule has 0 saturated carbocycles. The molecule has 2 aromatic heterocycles. The van der Waals surface area contributed by atoms with E-state index < -0.39 is 0 Å². The third-order valence-electron chi connectivity index (χ3n) is 4.33. The van der Waals surface area contributed by atoms with Crippen LogP contribution in [0.2, 0.25) is 0 Å². The number of hydrogen-bond acceptors (Lipinski definition) is 4. The fourth-order valence-corrected chi connectivity index (χ4v) is 3.11. The van der Waals surface area contributed by atoms with Crippen molar-refractivity contribution in [2.75, 3.05) is 13.1 Å². The first-order chi connectivity index (χ1) is 11.8. The van der Waals surface area contributed by atoms with Crippen LogP contribution in [0, 0.1) is 5.82 Å². The van der Waals surface area contributed by atoms with Crippen molar-refractivity contribution >= 4 is 0 Å². The van der Waals surface area contributed by atoms with E-state index in [0.29, 0.717) is 11.9 Å². The molecule has 1 fully saturated rings. The van der Waals surface area contributed by atoms with Gasteiger partial charge in [-0.05, 0) is 55.8 Å². The highest BCUT2D eigenvalue weighted by molar-refractivity contribution is 5.60. The van der Waals surface area contributed by atoms with Crippen LogP contribution in [0.15, 0.2) is 48.8 Å². The van der Waals surface area contributed by atoms with Crippen molar-refractivity contribution in [3.05, 3.63) is 60.3 Å². The number of nitrogens with zero attached hydrogens (tertiary/aromatic N) is 4. The molecule has 1 saturated heterocycles. The molecule has 5 nitrogen and oxygen atoms in total. The third kappa shape index (κ3) is 2.92.